The number of aromatic amines is 2. The van der Waals surface area contributed by atoms with Gasteiger partial charge in [-0.15, -0.1) is 0 Å². The van der Waals surface area contributed by atoms with Crippen molar-refractivity contribution in [2.24, 2.45) is 0 Å². The maximum Gasteiger partial charge on any atom is 0.338 e. The summed E-state index contributed by atoms with van der Waals surface area (Å²) < 4.78 is 72.8. The number of carbonyl (C=O) groups is 2. The zero-order chi connectivity index (χ0) is 26.9. The average molecular weight is 534 g/mol. The molecule has 0 bridgehead atoms. The number of nitrogens with one attached hydrogen (secondary N) is 4. The number of hydrogen-bond acceptors (Lipinski definition) is 6. The summed E-state index contributed by atoms with van der Waals surface area (Å²) >= 11 is 0. The maximum atomic E-state index is 13.7. The molecule has 1 heterocycles. The average Bonchev–Trinajstić information content (AvgIpc) is 3.23. The van der Waals surface area contributed by atoms with Crippen LogP contribution in [0.15, 0.2) is 64.3 Å². The summed E-state index contributed by atoms with van der Waals surface area (Å²) in [4.78, 5) is 40.8. The molecular weight excluding hydrogens is 517 g/mol. The van der Waals surface area contributed by atoms with Crippen molar-refractivity contribution in [1.29, 1.82) is 0 Å². The summed E-state index contributed by atoms with van der Waals surface area (Å²) in [5.74, 6) is -6.75. The summed E-state index contributed by atoms with van der Waals surface area (Å²) in [6, 6.07) is 10.5. The first-order valence-electron chi connectivity index (χ1n) is 10.4. The number of amides is 1. The Bertz CT molecular complexity index is 1680. The number of halogens is 3. The molecule has 37 heavy (non-hydrogen) atoms. The van der Waals surface area contributed by atoms with Gasteiger partial charge in [-0.2, -0.15) is 0 Å². The van der Waals surface area contributed by atoms with Crippen LogP contribution in [-0.2, 0) is 19.6 Å². The Balaban J connectivity index is 1.40. The molecule has 0 radical (unpaired) electrons. The monoisotopic (exact) mass is 534 g/mol. The lowest BCUT2D eigenvalue weighted by Gasteiger charge is -2.14. The van der Waals surface area contributed by atoms with Crippen LogP contribution in [0.5, 0.6) is 0 Å². The number of esters is 1. The van der Waals surface area contributed by atoms with Gasteiger partial charge in [0.1, 0.15) is 0 Å². The Morgan fingerprint density at radius 2 is 1.59 bits per heavy atom. The molecule has 0 saturated carbocycles. The van der Waals surface area contributed by atoms with Gasteiger partial charge in [-0.1, -0.05) is 0 Å². The van der Waals surface area contributed by atoms with Crippen LogP contribution in [0.4, 0.5) is 24.5 Å². The highest BCUT2D eigenvalue weighted by Crippen LogP contribution is 2.21. The maximum absolute atomic E-state index is 13.7. The molecule has 3 aromatic carbocycles. The van der Waals surface area contributed by atoms with Gasteiger partial charge in [0.25, 0.3) is 15.9 Å². The SMILES string of the molecule is C[C@@H](OC(=O)c1ccc(NS(=O)(=O)c2ccc3[nH]c(=O)[nH]c3c2)cc1)C(=O)Nc1ccc(F)c(F)c1F. The lowest BCUT2D eigenvalue weighted by molar-refractivity contribution is -0.123. The lowest BCUT2D eigenvalue weighted by atomic mass is 10.2. The van der Waals surface area contributed by atoms with Crippen molar-refractivity contribution in [1.82, 2.24) is 9.97 Å². The molecule has 14 heteroatoms. The Morgan fingerprint density at radius 3 is 2.30 bits per heavy atom. The van der Waals surface area contributed by atoms with Crippen LogP contribution in [0.1, 0.15) is 17.3 Å². The van der Waals surface area contributed by atoms with Crippen LogP contribution < -0.4 is 15.7 Å². The van der Waals surface area contributed by atoms with E-state index < -0.39 is 56.8 Å². The van der Waals surface area contributed by atoms with Gasteiger partial charge in [0.2, 0.25) is 0 Å². The van der Waals surface area contributed by atoms with Gasteiger partial charge in [-0.25, -0.2) is 31.2 Å². The Hall–Kier alpha value is -4.59. The third-order valence-corrected chi connectivity index (χ3v) is 6.50. The van der Waals surface area contributed by atoms with Gasteiger partial charge in [0.05, 0.1) is 27.2 Å². The fourth-order valence-electron chi connectivity index (χ4n) is 3.21. The topological polar surface area (TPSA) is 150 Å². The number of H-pyrrole nitrogens is 2. The van der Waals surface area contributed by atoms with E-state index in [9.17, 15) is 36.0 Å². The number of sulfonamides is 1. The van der Waals surface area contributed by atoms with Crippen LogP contribution >= 0.6 is 0 Å². The first-order valence-corrected chi connectivity index (χ1v) is 11.9. The smallest absolute Gasteiger partial charge is 0.338 e. The first-order chi connectivity index (χ1) is 17.4. The molecule has 0 aliphatic rings. The summed E-state index contributed by atoms with van der Waals surface area (Å²) in [5.41, 5.74) is -0.304. The van der Waals surface area contributed by atoms with Crippen LogP contribution in [0, 0.1) is 17.5 Å². The Kier molecular flexibility index (Phi) is 6.76. The molecule has 192 valence electrons. The summed E-state index contributed by atoms with van der Waals surface area (Å²) in [7, 11) is -4.03. The zero-order valence-corrected chi connectivity index (χ0v) is 19.6. The molecule has 1 atom stereocenters. The van der Waals surface area contributed by atoms with E-state index in [0.717, 1.165) is 6.07 Å². The van der Waals surface area contributed by atoms with Crippen LogP contribution in [0.3, 0.4) is 0 Å². The molecule has 0 unspecified atom stereocenters. The van der Waals surface area contributed by atoms with Crippen molar-refractivity contribution in [2.45, 2.75) is 17.9 Å². The molecule has 0 saturated heterocycles. The lowest BCUT2D eigenvalue weighted by Crippen LogP contribution is -2.30. The minimum Gasteiger partial charge on any atom is -0.449 e. The Morgan fingerprint density at radius 1 is 0.919 bits per heavy atom. The summed E-state index contributed by atoms with van der Waals surface area (Å²) in [5, 5.41) is 2.00. The molecule has 1 amide bonds. The van der Waals surface area contributed by atoms with Crippen molar-refractivity contribution in [3.63, 3.8) is 0 Å². The molecule has 4 aromatic rings. The number of rotatable bonds is 7. The summed E-state index contributed by atoms with van der Waals surface area (Å²) in [6.07, 6.45) is -1.44. The molecule has 4 N–H and O–H groups in total. The van der Waals surface area contributed by atoms with Crippen molar-refractivity contribution in [2.75, 3.05) is 10.0 Å². The number of carbonyl (C=O) groups excluding carboxylic acids is 2. The highest BCUT2D eigenvalue weighted by Gasteiger charge is 2.22. The van der Waals surface area contributed by atoms with Gasteiger partial charge < -0.3 is 20.0 Å². The van der Waals surface area contributed by atoms with Crippen LogP contribution in [-0.4, -0.2) is 36.4 Å². The number of ether oxygens (including phenoxy) is 1. The fourth-order valence-corrected chi connectivity index (χ4v) is 4.29. The van der Waals surface area contributed by atoms with E-state index in [1.54, 1.807) is 0 Å². The second kappa shape index (κ2) is 9.81. The van der Waals surface area contributed by atoms with E-state index >= 15 is 0 Å². The number of hydrogen-bond donors (Lipinski definition) is 4. The quantitative estimate of drug-likeness (QED) is 0.211. The number of fused-ring (bicyclic) bond motifs is 1. The highest BCUT2D eigenvalue weighted by molar-refractivity contribution is 7.92. The molecule has 0 aliphatic carbocycles. The van der Waals surface area contributed by atoms with Crippen LogP contribution in [0.25, 0.3) is 11.0 Å². The normalized spacial score (nSPS) is 12.2. The van der Waals surface area contributed by atoms with Crippen molar-refractivity contribution >= 4 is 44.3 Å². The van der Waals surface area contributed by atoms with E-state index in [-0.39, 0.29) is 16.1 Å². The largest absolute Gasteiger partial charge is 0.449 e. The molecular formula is C23H17F3N4O6S. The Labute approximate surface area is 206 Å². The number of aromatic nitrogens is 2. The van der Waals surface area contributed by atoms with Crippen molar-refractivity contribution in [3.8, 4) is 0 Å². The van der Waals surface area contributed by atoms with E-state index in [4.69, 9.17) is 4.74 Å². The molecule has 4 rings (SSSR count). The number of anilines is 2. The number of imidazole rings is 1. The van der Waals surface area contributed by atoms with E-state index in [1.807, 2.05) is 5.32 Å². The van der Waals surface area contributed by atoms with E-state index in [2.05, 4.69) is 14.7 Å². The van der Waals surface area contributed by atoms with Gasteiger partial charge in [-0.3, -0.25) is 9.52 Å². The molecule has 1 aromatic heterocycles. The van der Waals surface area contributed by atoms with Crippen molar-refractivity contribution in [3.05, 3.63) is 88.1 Å². The predicted octanol–water partition coefficient (Wildman–Crippen LogP) is 3.26. The van der Waals surface area contributed by atoms with E-state index in [0.29, 0.717) is 17.1 Å². The molecule has 0 fully saturated rings. The molecule has 10 nitrogen and oxygen atoms in total. The third-order valence-electron chi connectivity index (χ3n) is 5.12. The fraction of sp³-hybridized carbons (Fsp3) is 0.0870. The molecule has 0 spiro atoms. The van der Waals surface area contributed by atoms with Crippen LogP contribution in [0.2, 0.25) is 0 Å². The van der Waals surface area contributed by atoms with Gasteiger partial charge in [0.15, 0.2) is 23.6 Å². The summed E-state index contributed by atoms with van der Waals surface area (Å²) in [6.45, 7) is 1.18. The first kappa shape index (κ1) is 25.5. The van der Waals surface area contributed by atoms with Crippen molar-refractivity contribution < 1.29 is 35.9 Å². The number of benzene rings is 3. The van der Waals surface area contributed by atoms with Gasteiger partial charge >= 0.3 is 11.7 Å². The second-order valence-electron chi connectivity index (χ2n) is 7.73. The predicted molar refractivity (Wildman–Crippen MR) is 126 cm³/mol. The minimum atomic E-state index is -4.03. The third kappa shape index (κ3) is 5.48. The minimum absolute atomic E-state index is 0.0343. The van der Waals surface area contributed by atoms with Gasteiger partial charge in [0, 0.05) is 5.69 Å². The second-order valence-corrected chi connectivity index (χ2v) is 9.41. The zero-order valence-electron chi connectivity index (χ0n) is 18.8. The molecule has 0 aliphatic heterocycles. The van der Waals surface area contributed by atoms with Gasteiger partial charge in [-0.05, 0) is 61.5 Å². The highest BCUT2D eigenvalue weighted by atomic mass is 32.2. The van der Waals surface area contributed by atoms with E-state index in [1.165, 1.54) is 49.4 Å². The standard InChI is InChI=1S/C23H17F3N4O6S/c1-11(21(31)27-17-9-7-15(24)19(25)20(17)26)36-22(32)12-2-4-13(5-3-12)30-37(34,35)14-6-8-16-18(10-14)29-23(33)28-16/h2-11,30H,1H3,(H,27,31)(H2,28,29,33)/t11-/m1/s1.